The first-order valence-corrected chi connectivity index (χ1v) is 5.90. The van der Waals surface area contributed by atoms with Gasteiger partial charge in [-0.15, -0.1) is 6.58 Å². The molecule has 0 aromatic carbocycles. The standard InChI is InChI=1S/C10H18.C4H2O3/c1-3-5-7-9-10-8-6-4-2;5-3-1-2-4(6)7-3/h3,6,8H,1,4-5,7,9-10H2,2H3;1-2H. The monoisotopic (exact) mass is 236 g/mol. The number of allylic oxidation sites excluding steroid dienone is 3. The molecule has 3 heteroatoms. The van der Waals surface area contributed by atoms with Gasteiger partial charge < -0.3 is 4.74 Å². The van der Waals surface area contributed by atoms with Gasteiger partial charge in [0.05, 0.1) is 0 Å². The van der Waals surface area contributed by atoms with E-state index in [1.165, 1.54) is 32.1 Å². The number of rotatable bonds is 6. The van der Waals surface area contributed by atoms with Gasteiger partial charge >= 0.3 is 11.9 Å². The molecule has 0 saturated heterocycles. The zero-order chi connectivity index (χ0) is 12.9. The molecule has 0 atom stereocenters. The number of unbranched alkanes of at least 4 members (excludes halogenated alkanes) is 3. The Balaban J connectivity index is 0.000000318. The summed E-state index contributed by atoms with van der Waals surface area (Å²) >= 11 is 0. The van der Waals surface area contributed by atoms with Crippen LogP contribution in [-0.2, 0) is 14.3 Å². The number of esters is 2. The first-order chi connectivity index (χ1) is 8.20. The van der Waals surface area contributed by atoms with Gasteiger partial charge in [0.1, 0.15) is 0 Å². The molecule has 0 saturated carbocycles. The predicted octanol–water partition coefficient (Wildman–Crippen LogP) is 3.33. The number of hydrogen-bond acceptors (Lipinski definition) is 3. The van der Waals surface area contributed by atoms with Gasteiger partial charge in [-0.25, -0.2) is 9.59 Å². The van der Waals surface area contributed by atoms with Crippen molar-refractivity contribution < 1.29 is 14.3 Å². The van der Waals surface area contributed by atoms with Crippen molar-refractivity contribution in [3.8, 4) is 0 Å². The summed E-state index contributed by atoms with van der Waals surface area (Å²) in [6.45, 7) is 5.84. The minimum atomic E-state index is -0.579. The highest BCUT2D eigenvalue weighted by atomic mass is 16.6. The van der Waals surface area contributed by atoms with Gasteiger partial charge in [0.25, 0.3) is 0 Å². The van der Waals surface area contributed by atoms with Gasteiger partial charge in [0.15, 0.2) is 0 Å². The first kappa shape index (κ1) is 15.4. The molecule has 0 unspecified atom stereocenters. The van der Waals surface area contributed by atoms with Crippen LogP contribution in [0, 0.1) is 0 Å². The minimum absolute atomic E-state index is 0.579. The zero-order valence-electron chi connectivity index (χ0n) is 10.4. The van der Waals surface area contributed by atoms with Crippen molar-refractivity contribution in [3.63, 3.8) is 0 Å². The van der Waals surface area contributed by atoms with Crippen LogP contribution in [0.1, 0.15) is 39.0 Å². The van der Waals surface area contributed by atoms with E-state index in [0.717, 1.165) is 12.2 Å². The number of carbonyl (C=O) groups is 2. The van der Waals surface area contributed by atoms with Crippen molar-refractivity contribution in [3.05, 3.63) is 37.0 Å². The molecule has 0 fully saturated rings. The minimum Gasteiger partial charge on any atom is -0.387 e. The van der Waals surface area contributed by atoms with E-state index in [2.05, 4.69) is 30.4 Å². The summed E-state index contributed by atoms with van der Waals surface area (Å²) in [5.74, 6) is -1.16. The van der Waals surface area contributed by atoms with Crippen LogP contribution >= 0.6 is 0 Å². The molecule has 0 aromatic rings. The number of carbonyl (C=O) groups excluding carboxylic acids is 2. The zero-order valence-corrected chi connectivity index (χ0v) is 10.4. The van der Waals surface area contributed by atoms with Crippen molar-refractivity contribution in [2.45, 2.75) is 39.0 Å². The lowest BCUT2D eigenvalue weighted by Gasteiger charge is -1.90. The Kier molecular flexibility index (Phi) is 9.82. The molecule has 0 bridgehead atoms. The fourth-order valence-corrected chi connectivity index (χ4v) is 1.14. The second-order valence-corrected chi connectivity index (χ2v) is 3.53. The molecule has 0 amide bonds. The third-order valence-corrected chi connectivity index (χ3v) is 1.99. The lowest BCUT2D eigenvalue weighted by atomic mass is 10.2. The van der Waals surface area contributed by atoms with Crippen molar-refractivity contribution >= 4 is 11.9 Å². The Bertz CT molecular complexity index is 285. The molecule has 0 N–H and O–H groups in total. The lowest BCUT2D eigenvalue weighted by Crippen LogP contribution is -1.96. The summed E-state index contributed by atoms with van der Waals surface area (Å²) < 4.78 is 3.97. The number of cyclic esters (lactones) is 2. The highest BCUT2D eigenvalue weighted by molar-refractivity contribution is 6.04. The molecular formula is C14H20O3. The Morgan fingerprint density at radius 2 is 1.71 bits per heavy atom. The molecule has 1 heterocycles. The largest absolute Gasteiger partial charge is 0.387 e. The molecule has 0 radical (unpaired) electrons. The van der Waals surface area contributed by atoms with Crippen LogP contribution in [0.2, 0.25) is 0 Å². The maximum absolute atomic E-state index is 9.92. The normalized spacial score (nSPS) is 13.5. The molecule has 0 spiro atoms. The summed E-state index contributed by atoms with van der Waals surface area (Å²) in [5.41, 5.74) is 0. The maximum atomic E-state index is 9.92. The van der Waals surface area contributed by atoms with Crippen LogP contribution in [0.3, 0.4) is 0 Å². The van der Waals surface area contributed by atoms with Crippen LogP contribution < -0.4 is 0 Å². The van der Waals surface area contributed by atoms with E-state index < -0.39 is 11.9 Å². The van der Waals surface area contributed by atoms with E-state index in [-0.39, 0.29) is 0 Å². The molecule has 1 aliphatic heterocycles. The quantitative estimate of drug-likeness (QED) is 0.307. The summed E-state index contributed by atoms with van der Waals surface area (Å²) in [5, 5.41) is 0. The molecule has 17 heavy (non-hydrogen) atoms. The first-order valence-electron chi connectivity index (χ1n) is 5.90. The van der Waals surface area contributed by atoms with Crippen LogP contribution in [0.15, 0.2) is 37.0 Å². The molecule has 94 valence electrons. The van der Waals surface area contributed by atoms with Gasteiger partial charge in [-0.2, -0.15) is 0 Å². The fraction of sp³-hybridized carbons (Fsp3) is 0.429. The fourth-order valence-electron chi connectivity index (χ4n) is 1.14. The predicted molar refractivity (Wildman–Crippen MR) is 68.3 cm³/mol. The van der Waals surface area contributed by atoms with Crippen molar-refractivity contribution in [1.82, 2.24) is 0 Å². The lowest BCUT2D eigenvalue weighted by molar-refractivity contribution is -0.150. The van der Waals surface area contributed by atoms with Gasteiger partial charge in [0.2, 0.25) is 0 Å². The summed E-state index contributed by atoms with van der Waals surface area (Å²) in [7, 11) is 0. The summed E-state index contributed by atoms with van der Waals surface area (Å²) in [6, 6.07) is 0. The van der Waals surface area contributed by atoms with Crippen molar-refractivity contribution in [1.29, 1.82) is 0 Å². The van der Waals surface area contributed by atoms with Crippen LogP contribution in [0.4, 0.5) is 0 Å². The molecular weight excluding hydrogens is 216 g/mol. The van der Waals surface area contributed by atoms with Gasteiger partial charge in [-0.05, 0) is 32.1 Å². The SMILES string of the molecule is C=CCCCCC=CCC.O=C1C=CC(=O)O1. The average molecular weight is 236 g/mol. The molecule has 3 nitrogen and oxygen atoms in total. The van der Waals surface area contributed by atoms with Crippen molar-refractivity contribution in [2.75, 3.05) is 0 Å². The average Bonchev–Trinajstić information content (AvgIpc) is 2.68. The summed E-state index contributed by atoms with van der Waals surface area (Å²) in [4.78, 5) is 19.8. The second kappa shape index (κ2) is 10.9. The van der Waals surface area contributed by atoms with E-state index in [9.17, 15) is 9.59 Å². The van der Waals surface area contributed by atoms with Gasteiger partial charge in [0, 0.05) is 12.2 Å². The third-order valence-electron chi connectivity index (χ3n) is 1.99. The Morgan fingerprint density at radius 3 is 2.12 bits per heavy atom. The maximum Gasteiger partial charge on any atom is 0.338 e. The van der Waals surface area contributed by atoms with Gasteiger partial charge in [-0.1, -0.05) is 25.2 Å². The smallest absolute Gasteiger partial charge is 0.338 e. The number of hydrogen-bond donors (Lipinski definition) is 0. The highest BCUT2D eigenvalue weighted by Crippen LogP contribution is 2.00. The van der Waals surface area contributed by atoms with Crippen LogP contribution in [0.25, 0.3) is 0 Å². The molecule has 0 aliphatic carbocycles. The van der Waals surface area contributed by atoms with Gasteiger partial charge in [-0.3, -0.25) is 0 Å². The Labute approximate surface area is 103 Å². The summed E-state index contributed by atoms with van der Waals surface area (Å²) in [6.07, 6.45) is 14.8. The van der Waals surface area contributed by atoms with Crippen molar-refractivity contribution in [2.24, 2.45) is 0 Å². The van der Waals surface area contributed by atoms with E-state index >= 15 is 0 Å². The third kappa shape index (κ3) is 10.6. The van der Waals surface area contributed by atoms with E-state index in [1.54, 1.807) is 0 Å². The highest BCUT2D eigenvalue weighted by Gasteiger charge is 2.10. The second-order valence-electron chi connectivity index (χ2n) is 3.53. The topological polar surface area (TPSA) is 43.4 Å². The van der Waals surface area contributed by atoms with Crippen LogP contribution in [0.5, 0.6) is 0 Å². The van der Waals surface area contributed by atoms with E-state index in [1.807, 2.05) is 6.08 Å². The van der Waals surface area contributed by atoms with E-state index in [4.69, 9.17) is 0 Å². The van der Waals surface area contributed by atoms with Crippen LogP contribution in [-0.4, -0.2) is 11.9 Å². The molecule has 1 aliphatic rings. The number of ether oxygens (including phenoxy) is 1. The Morgan fingerprint density at radius 1 is 1.12 bits per heavy atom. The molecule has 1 rings (SSSR count). The Hall–Kier alpha value is -1.64. The molecule has 0 aromatic heterocycles. The van der Waals surface area contributed by atoms with E-state index in [0.29, 0.717) is 0 Å².